The van der Waals surface area contributed by atoms with Gasteiger partial charge in [-0.25, -0.2) is 4.79 Å². The number of para-hydroxylation sites is 1. The summed E-state index contributed by atoms with van der Waals surface area (Å²) in [6.07, 6.45) is 0.752. The molecule has 3 rings (SSSR count). The van der Waals surface area contributed by atoms with Gasteiger partial charge in [0.1, 0.15) is 6.54 Å². The van der Waals surface area contributed by atoms with Crippen LogP contribution < -0.4 is 16.0 Å². The lowest BCUT2D eigenvalue weighted by Gasteiger charge is -2.23. The second-order valence-corrected chi connectivity index (χ2v) is 6.48. The summed E-state index contributed by atoms with van der Waals surface area (Å²) in [7, 11) is 0. The third kappa shape index (κ3) is 4.81. The average Bonchev–Trinajstić information content (AvgIpc) is 3.03. The Bertz CT molecular complexity index is 1060. The van der Waals surface area contributed by atoms with Crippen LogP contribution in [0.4, 0.5) is 11.4 Å². The molecule has 3 aromatic rings. The molecule has 152 valence electrons. The smallest absolute Gasteiger partial charge is 0.407 e. The number of oxazole rings is 1. The predicted octanol–water partition coefficient (Wildman–Crippen LogP) is 2.54. The highest BCUT2D eigenvalue weighted by Crippen LogP contribution is 2.20. The van der Waals surface area contributed by atoms with Crippen molar-refractivity contribution < 1.29 is 14.1 Å². The predicted molar refractivity (Wildman–Crippen MR) is 109 cm³/mol. The molecule has 0 saturated carbocycles. The number of amides is 1. The van der Waals surface area contributed by atoms with E-state index in [0.717, 1.165) is 29.8 Å². The maximum Gasteiger partial charge on any atom is 0.420 e. The first-order chi connectivity index (χ1) is 14.0. The third-order valence-electron chi connectivity index (χ3n) is 4.59. The van der Waals surface area contributed by atoms with Crippen LogP contribution in [0.1, 0.15) is 13.3 Å². The molecule has 1 aromatic heterocycles. The van der Waals surface area contributed by atoms with Crippen molar-refractivity contribution >= 4 is 28.4 Å². The molecule has 9 nitrogen and oxygen atoms in total. The summed E-state index contributed by atoms with van der Waals surface area (Å²) in [5.74, 6) is -1.05. The maximum atomic E-state index is 12.2. The van der Waals surface area contributed by atoms with Crippen molar-refractivity contribution in [2.24, 2.45) is 0 Å². The number of hydrogen-bond donors (Lipinski definition) is 1. The van der Waals surface area contributed by atoms with Crippen molar-refractivity contribution in [3.05, 3.63) is 69.2 Å². The van der Waals surface area contributed by atoms with Crippen LogP contribution in [0.25, 0.3) is 11.1 Å². The lowest BCUT2D eigenvalue weighted by molar-refractivity contribution is -0.384. The van der Waals surface area contributed by atoms with Crippen molar-refractivity contribution in [3.63, 3.8) is 0 Å². The molecular formula is C20H22N4O5. The van der Waals surface area contributed by atoms with Crippen LogP contribution in [0.2, 0.25) is 0 Å². The van der Waals surface area contributed by atoms with Crippen LogP contribution in [0.5, 0.6) is 0 Å². The van der Waals surface area contributed by atoms with E-state index < -0.39 is 10.7 Å². The lowest BCUT2D eigenvalue weighted by Crippen LogP contribution is -2.33. The minimum absolute atomic E-state index is 0.0819. The molecule has 29 heavy (non-hydrogen) atoms. The van der Waals surface area contributed by atoms with Crippen LogP contribution in [0, 0.1) is 10.1 Å². The highest BCUT2D eigenvalue weighted by atomic mass is 16.6. The normalized spacial score (nSPS) is 10.8. The molecule has 0 atom stereocenters. The van der Waals surface area contributed by atoms with Gasteiger partial charge in [0, 0.05) is 31.4 Å². The van der Waals surface area contributed by atoms with Crippen molar-refractivity contribution in [2.45, 2.75) is 19.9 Å². The molecule has 1 heterocycles. The number of carbonyl (C=O) groups excluding carboxylic acids is 1. The van der Waals surface area contributed by atoms with Crippen LogP contribution in [-0.2, 0) is 11.3 Å². The zero-order valence-corrected chi connectivity index (χ0v) is 16.0. The zero-order valence-electron chi connectivity index (χ0n) is 16.0. The van der Waals surface area contributed by atoms with E-state index in [2.05, 4.69) is 17.1 Å². The lowest BCUT2D eigenvalue weighted by atomic mass is 10.2. The molecule has 0 bridgehead atoms. The number of fused-ring (bicyclic) bond motifs is 1. The standard InChI is InChI=1S/C20H22N4O5/c1-2-22(15-7-4-3-5-8-15)12-6-11-21-19(25)14-23-17-10-9-16(24(27)28)13-18(17)29-20(23)26/h3-5,7-10,13H,2,6,11-12,14H2,1H3,(H,21,25). The summed E-state index contributed by atoms with van der Waals surface area (Å²) in [5, 5.41) is 13.6. The van der Waals surface area contributed by atoms with Crippen LogP contribution in [0.15, 0.2) is 57.7 Å². The molecule has 0 aliphatic rings. The molecule has 9 heteroatoms. The number of hydrogen-bond acceptors (Lipinski definition) is 6. The van der Waals surface area contributed by atoms with Gasteiger partial charge in [-0.2, -0.15) is 0 Å². The summed E-state index contributed by atoms with van der Waals surface area (Å²) in [6, 6.07) is 13.9. The minimum Gasteiger partial charge on any atom is -0.407 e. The Morgan fingerprint density at radius 3 is 2.69 bits per heavy atom. The van der Waals surface area contributed by atoms with Crippen LogP contribution >= 0.6 is 0 Å². The Balaban J connectivity index is 1.55. The number of aromatic nitrogens is 1. The second kappa shape index (κ2) is 9.05. The number of nitro groups is 1. The van der Waals surface area contributed by atoms with E-state index in [1.807, 2.05) is 30.3 Å². The first-order valence-electron chi connectivity index (χ1n) is 9.34. The van der Waals surface area contributed by atoms with Gasteiger partial charge in [0.15, 0.2) is 5.58 Å². The van der Waals surface area contributed by atoms with E-state index in [9.17, 15) is 19.7 Å². The Morgan fingerprint density at radius 2 is 2.00 bits per heavy atom. The van der Waals surface area contributed by atoms with Crippen molar-refractivity contribution in [1.29, 1.82) is 0 Å². The largest absolute Gasteiger partial charge is 0.420 e. The van der Waals surface area contributed by atoms with Gasteiger partial charge < -0.3 is 14.6 Å². The molecule has 0 fully saturated rings. The maximum absolute atomic E-state index is 12.2. The Kier molecular flexibility index (Phi) is 6.28. The summed E-state index contributed by atoms with van der Waals surface area (Å²) in [4.78, 5) is 36.7. The van der Waals surface area contributed by atoms with Gasteiger partial charge in [0.2, 0.25) is 5.91 Å². The van der Waals surface area contributed by atoms with Crippen LogP contribution in [0.3, 0.4) is 0 Å². The molecule has 1 amide bonds. The highest BCUT2D eigenvalue weighted by molar-refractivity contribution is 5.80. The molecule has 1 N–H and O–H groups in total. The molecule has 0 aliphatic carbocycles. The van der Waals surface area contributed by atoms with E-state index in [1.54, 1.807) is 0 Å². The van der Waals surface area contributed by atoms with Crippen molar-refractivity contribution in [1.82, 2.24) is 9.88 Å². The SMILES string of the molecule is CCN(CCCNC(=O)Cn1c(=O)oc2cc([N+](=O)[O-])ccc21)c1ccccc1. The minimum atomic E-state index is -0.725. The van der Waals surface area contributed by atoms with E-state index in [4.69, 9.17) is 4.42 Å². The second-order valence-electron chi connectivity index (χ2n) is 6.48. The van der Waals surface area contributed by atoms with E-state index >= 15 is 0 Å². The number of nitrogens with one attached hydrogen (secondary N) is 1. The number of nitrogens with zero attached hydrogens (tertiary/aromatic N) is 3. The summed E-state index contributed by atoms with van der Waals surface area (Å²) < 4.78 is 6.19. The quantitative estimate of drug-likeness (QED) is 0.337. The van der Waals surface area contributed by atoms with Crippen molar-refractivity contribution in [2.75, 3.05) is 24.5 Å². The first-order valence-corrected chi connectivity index (χ1v) is 9.34. The molecule has 0 saturated heterocycles. The number of non-ortho nitro benzene ring substituents is 1. The van der Waals surface area contributed by atoms with Crippen molar-refractivity contribution in [3.8, 4) is 0 Å². The monoisotopic (exact) mass is 398 g/mol. The van der Waals surface area contributed by atoms with E-state index in [1.165, 1.54) is 18.2 Å². The van der Waals surface area contributed by atoms with Gasteiger partial charge >= 0.3 is 5.76 Å². The fourth-order valence-electron chi connectivity index (χ4n) is 3.12. The third-order valence-corrected chi connectivity index (χ3v) is 4.59. The summed E-state index contributed by atoms with van der Waals surface area (Å²) in [5.41, 5.74) is 1.38. The molecule has 2 aromatic carbocycles. The average molecular weight is 398 g/mol. The number of nitro benzene ring substituents is 1. The van der Waals surface area contributed by atoms with Gasteiger partial charge in [-0.3, -0.25) is 19.5 Å². The summed E-state index contributed by atoms with van der Waals surface area (Å²) >= 11 is 0. The molecular weight excluding hydrogens is 376 g/mol. The number of anilines is 1. The van der Waals surface area contributed by atoms with E-state index in [-0.39, 0.29) is 23.7 Å². The van der Waals surface area contributed by atoms with Gasteiger partial charge in [0.05, 0.1) is 16.5 Å². The number of rotatable bonds is 9. The van der Waals surface area contributed by atoms with E-state index in [0.29, 0.717) is 12.1 Å². The van der Waals surface area contributed by atoms with Crippen LogP contribution in [-0.4, -0.2) is 35.0 Å². The summed E-state index contributed by atoms with van der Waals surface area (Å²) in [6.45, 7) is 3.99. The molecule has 0 unspecified atom stereocenters. The van der Waals surface area contributed by atoms with Gasteiger partial charge in [-0.15, -0.1) is 0 Å². The Hall–Kier alpha value is -3.62. The Morgan fingerprint density at radius 1 is 1.24 bits per heavy atom. The first kappa shape index (κ1) is 20.1. The molecule has 0 spiro atoms. The Labute approximate surface area is 166 Å². The molecule has 0 radical (unpaired) electrons. The van der Waals surface area contributed by atoms with Gasteiger partial charge in [-0.1, -0.05) is 18.2 Å². The zero-order chi connectivity index (χ0) is 20.8. The fourth-order valence-corrected chi connectivity index (χ4v) is 3.12. The van der Waals surface area contributed by atoms with Gasteiger partial charge in [-0.05, 0) is 31.5 Å². The topological polar surface area (TPSA) is 111 Å². The number of benzene rings is 2. The van der Waals surface area contributed by atoms with Gasteiger partial charge in [0.25, 0.3) is 5.69 Å². The number of carbonyl (C=O) groups is 1. The highest BCUT2D eigenvalue weighted by Gasteiger charge is 2.16. The molecule has 0 aliphatic heterocycles. The fraction of sp³-hybridized carbons (Fsp3) is 0.300.